The quantitative estimate of drug-likeness (QED) is 0.654. The van der Waals surface area contributed by atoms with Crippen LogP contribution in [0.25, 0.3) is 10.9 Å². The monoisotopic (exact) mass is 240 g/mol. The normalized spacial score (nSPS) is 10.9. The van der Waals surface area contributed by atoms with Crippen molar-refractivity contribution in [3.8, 4) is 0 Å². The Morgan fingerprint density at radius 3 is 2.94 bits per heavy atom. The second kappa shape index (κ2) is 4.10. The molecule has 0 radical (unpaired) electrons. The molecule has 0 aliphatic carbocycles. The van der Waals surface area contributed by atoms with Gasteiger partial charge in [-0.3, -0.25) is 4.79 Å². The summed E-state index contributed by atoms with van der Waals surface area (Å²) in [6.45, 7) is 0.641. The lowest BCUT2D eigenvalue weighted by Gasteiger charge is -2.05. The molecule has 0 saturated carbocycles. The van der Waals surface area contributed by atoms with E-state index in [-0.39, 0.29) is 0 Å². The van der Waals surface area contributed by atoms with Gasteiger partial charge in [0.2, 0.25) is 0 Å². The fourth-order valence-electron chi connectivity index (χ4n) is 2.09. The molecule has 0 unspecified atom stereocenters. The average molecular weight is 240 g/mol. The zero-order valence-electron chi connectivity index (χ0n) is 9.95. The van der Waals surface area contributed by atoms with Crippen LogP contribution in [0.4, 0.5) is 0 Å². The molecule has 0 spiro atoms. The van der Waals surface area contributed by atoms with Crippen LogP contribution in [0, 0.1) is 0 Å². The number of rotatable bonds is 3. The number of hydrogen-bond donors (Lipinski definition) is 0. The summed E-state index contributed by atoms with van der Waals surface area (Å²) >= 11 is 0. The minimum atomic E-state index is 0.641. The number of carbonyl (C=O) groups excluding carboxylic acids is 1. The van der Waals surface area contributed by atoms with Crippen LogP contribution in [-0.4, -0.2) is 25.6 Å². The molecule has 0 aliphatic rings. The minimum absolute atomic E-state index is 0.641. The molecule has 2 heterocycles. The van der Waals surface area contributed by atoms with Crippen LogP contribution in [-0.2, 0) is 13.6 Å². The standard InChI is InChI=1S/C13H12N4O/c1-16-9-14-15-13(16)7-17-6-5-11-10(8-18)3-2-4-12(11)17/h2-6,8-9H,7H2,1H3. The molecule has 3 rings (SSSR count). The largest absolute Gasteiger partial charge is 0.340 e. The van der Waals surface area contributed by atoms with E-state index in [9.17, 15) is 4.79 Å². The van der Waals surface area contributed by atoms with Gasteiger partial charge in [0.25, 0.3) is 0 Å². The van der Waals surface area contributed by atoms with Gasteiger partial charge < -0.3 is 9.13 Å². The highest BCUT2D eigenvalue weighted by atomic mass is 16.1. The molecule has 1 aromatic carbocycles. The van der Waals surface area contributed by atoms with E-state index in [1.54, 1.807) is 6.33 Å². The van der Waals surface area contributed by atoms with Gasteiger partial charge in [-0.2, -0.15) is 0 Å². The van der Waals surface area contributed by atoms with Crippen molar-refractivity contribution in [1.82, 2.24) is 19.3 Å². The van der Waals surface area contributed by atoms with E-state index in [0.29, 0.717) is 12.1 Å². The predicted molar refractivity (Wildman–Crippen MR) is 67.4 cm³/mol. The topological polar surface area (TPSA) is 52.7 Å². The van der Waals surface area contributed by atoms with Crippen molar-refractivity contribution in [1.29, 1.82) is 0 Å². The number of fused-ring (bicyclic) bond motifs is 1. The van der Waals surface area contributed by atoms with Crippen molar-refractivity contribution in [2.75, 3.05) is 0 Å². The summed E-state index contributed by atoms with van der Waals surface area (Å²) in [6, 6.07) is 7.66. The van der Waals surface area contributed by atoms with Gasteiger partial charge in [-0.15, -0.1) is 10.2 Å². The van der Waals surface area contributed by atoms with Crippen LogP contribution >= 0.6 is 0 Å². The third-order valence-corrected chi connectivity index (χ3v) is 3.09. The number of nitrogens with zero attached hydrogens (tertiary/aromatic N) is 4. The fourth-order valence-corrected chi connectivity index (χ4v) is 2.09. The summed E-state index contributed by atoms with van der Waals surface area (Å²) in [5.74, 6) is 0.879. The highest BCUT2D eigenvalue weighted by molar-refractivity contribution is 5.97. The lowest BCUT2D eigenvalue weighted by Crippen LogP contribution is -2.04. The average Bonchev–Trinajstić information content (AvgIpc) is 2.97. The van der Waals surface area contributed by atoms with E-state index < -0.39 is 0 Å². The van der Waals surface area contributed by atoms with Crippen LogP contribution in [0.2, 0.25) is 0 Å². The van der Waals surface area contributed by atoms with Crippen LogP contribution in [0.3, 0.4) is 0 Å². The van der Waals surface area contributed by atoms with E-state index in [4.69, 9.17) is 0 Å². The molecule has 0 amide bonds. The smallest absolute Gasteiger partial charge is 0.152 e. The van der Waals surface area contributed by atoms with E-state index in [0.717, 1.165) is 23.0 Å². The molecule has 5 nitrogen and oxygen atoms in total. The molecule has 18 heavy (non-hydrogen) atoms. The first kappa shape index (κ1) is 10.7. The van der Waals surface area contributed by atoms with Crippen LogP contribution < -0.4 is 0 Å². The summed E-state index contributed by atoms with van der Waals surface area (Å²) in [7, 11) is 1.91. The first-order chi connectivity index (χ1) is 8.79. The highest BCUT2D eigenvalue weighted by Gasteiger charge is 2.07. The van der Waals surface area contributed by atoms with Gasteiger partial charge in [0.1, 0.15) is 6.33 Å². The Kier molecular flexibility index (Phi) is 2.44. The van der Waals surface area contributed by atoms with Gasteiger partial charge in [-0.1, -0.05) is 12.1 Å². The predicted octanol–water partition coefficient (Wildman–Crippen LogP) is 1.63. The number of carbonyl (C=O) groups is 1. The molecule has 0 aliphatic heterocycles. The molecule has 0 bridgehead atoms. The van der Waals surface area contributed by atoms with Gasteiger partial charge in [0.05, 0.1) is 6.54 Å². The summed E-state index contributed by atoms with van der Waals surface area (Å²) in [6.07, 6.45) is 4.53. The molecule has 3 aromatic rings. The first-order valence-electron chi connectivity index (χ1n) is 5.65. The maximum Gasteiger partial charge on any atom is 0.152 e. The number of aldehydes is 1. The van der Waals surface area contributed by atoms with Crippen LogP contribution in [0.5, 0.6) is 0 Å². The zero-order chi connectivity index (χ0) is 12.5. The van der Waals surface area contributed by atoms with Crippen LogP contribution in [0.1, 0.15) is 16.2 Å². The van der Waals surface area contributed by atoms with Crippen molar-refractivity contribution in [3.05, 3.63) is 48.2 Å². The first-order valence-corrected chi connectivity index (χ1v) is 5.65. The van der Waals surface area contributed by atoms with Crippen molar-refractivity contribution in [3.63, 3.8) is 0 Å². The Bertz CT molecular complexity index is 711. The SMILES string of the molecule is Cn1cnnc1Cn1ccc2c(C=O)cccc21. The third kappa shape index (κ3) is 1.60. The van der Waals surface area contributed by atoms with Crippen molar-refractivity contribution in [2.45, 2.75) is 6.54 Å². The summed E-state index contributed by atoms with van der Waals surface area (Å²) in [5, 5.41) is 8.89. The van der Waals surface area contributed by atoms with Gasteiger partial charge in [0.15, 0.2) is 12.1 Å². The second-order valence-corrected chi connectivity index (χ2v) is 4.20. The molecule has 0 fully saturated rings. The Hall–Kier alpha value is -2.43. The minimum Gasteiger partial charge on any atom is -0.340 e. The second-order valence-electron chi connectivity index (χ2n) is 4.20. The molecule has 90 valence electrons. The molecule has 5 heteroatoms. The number of aromatic nitrogens is 4. The maximum atomic E-state index is 11.0. The molecule has 0 saturated heterocycles. The van der Waals surface area contributed by atoms with Crippen LogP contribution in [0.15, 0.2) is 36.8 Å². The molecule has 2 aromatic heterocycles. The van der Waals surface area contributed by atoms with Gasteiger partial charge in [-0.05, 0) is 12.1 Å². The van der Waals surface area contributed by atoms with Gasteiger partial charge in [-0.25, -0.2) is 0 Å². The highest BCUT2D eigenvalue weighted by Crippen LogP contribution is 2.19. The Morgan fingerprint density at radius 1 is 1.33 bits per heavy atom. The third-order valence-electron chi connectivity index (χ3n) is 3.09. The number of aryl methyl sites for hydroxylation is 1. The van der Waals surface area contributed by atoms with Gasteiger partial charge in [0, 0.05) is 29.7 Å². The fraction of sp³-hybridized carbons (Fsp3) is 0.154. The summed E-state index contributed by atoms with van der Waals surface area (Å²) in [4.78, 5) is 11.0. The molecular formula is C13H12N4O. The Labute approximate surface area is 104 Å². The summed E-state index contributed by atoms with van der Waals surface area (Å²) < 4.78 is 3.95. The lowest BCUT2D eigenvalue weighted by molar-refractivity contribution is 0.112. The summed E-state index contributed by atoms with van der Waals surface area (Å²) in [5.41, 5.74) is 1.74. The molecular weight excluding hydrogens is 228 g/mol. The number of benzene rings is 1. The van der Waals surface area contributed by atoms with E-state index >= 15 is 0 Å². The zero-order valence-corrected chi connectivity index (χ0v) is 9.95. The number of hydrogen-bond acceptors (Lipinski definition) is 3. The molecule has 0 N–H and O–H groups in total. The maximum absolute atomic E-state index is 11.0. The molecule has 0 atom stereocenters. The van der Waals surface area contributed by atoms with Crippen molar-refractivity contribution in [2.24, 2.45) is 7.05 Å². The lowest BCUT2D eigenvalue weighted by atomic mass is 10.1. The van der Waals surface area contributed by atoms with Crippen molar-refractivity contribution >= 4 is 17.2 Å². The van der Waals surface area contributed by atoms with Gasteiger partial charge >= 0.3 is 0 Å². The Balaban J connectivity index is 2.08. The van der Waals surface area contributed by atoms with E-state index in [1.807, 2.05) is 42.1 Å². The Morgan fingerprint density at radius 2 is 2.22 bits per heavy atom. The van der Waals surface area contributed by atoms with E-state index in [1.165, 1.54) is 0 Å². The van der Waals surface area contributed by atoms with E-state index in [2.05, 4.69) is 14.8 Å². The van der Waals surface area contributed by atoms with Crippen molar-refractivity contribution < 1.29 is 4.79 Å².